The van der Waals surface area contributed by atoms with E-state index in [1.807, 2.05) is 18.4 Å². The molecule has 0 saturated carbocycles. The number of benzene rings is 1. The molecule has 0 atom stereocenters. The Morgan fingerprint density at radius 1 is 1.39 bits per heavy atom. The van der Waals surface area contributed by atoms with Crippen LogP contribution in [0.25, 0.3) is 11.1 Å². The van der Waals surface area contributed by atoms with Gasteiger partial charge in [0.25, 0.3) is 5.69 Å². The standard InChI is InChI=1S/C12H9NO4S/c1-7-9(4-5-18-7)8-2-3-10(12(14)15)11(6-8)13(16)17/h2-6H,1H3,(H,14,15). The molecule has 6 heteroatoms. The van der Waals surface area contributed by atoms with Crippen molar-refractivity contribution in [1.29, 1.82) is 0 Å². The van der Waals surface area contributed by atoms with Crippen molar-refractivity contribution in [2.45, 2.75) is 6.92 Å². The molecule has 18 heavy (non-hydrogen) atoms. The minimum atomic E-state index is -1.30. The van der Waals surface area contributed by atoms with Crippen LogP contribution in [0.15, 0.2) is 29.6 Å². The molecule has 1 N–H and O–H groups in total. The molecule has 0 amide bonds. The zero-order chi connectivity index (χ0) is 13.3. The van der Waals surface area contributed by atoms with Gasteiger partial charge >= 0.3 is 5.97 Å². The number of aromatic carboxylic acids is 1. The molecule has 2 rings (SSSR count). The fraction of sp³-hybridized carbons (Fsp3) is 0.0833. The number of carbonyl (C=O) groups is 1. The van der Waals surface area contributed by atoms with E-state index in [0.717, 1.165) is 10.4 Å². The number of carboxylic acids is 1. The molecular weight excluding hydrogens is 254 g/mol. The third-order valence-electron chi connectivity index (χ3n) is 2.59. The van der Waals surface area contributed by atoms with Gasteiger partial charge in [0.15, 0.2) is 0 Å². The van der Waals surface area contributed by atoms with Gasteiger partial charge in [-0.15, -0.1) is 11.3 Å². The van der Waals surface area contributed by atoms with Crippen molar-refractivity contribution in [1.82, 2.24) is 0 Å². The average molecular weight is 263 g/mol. The Labute approximate surface area is 106 Å². The van der Waals surface area contributed by atoms with Gasteiger partial charge in [0, 0.05) is 10.9 Å². The molecule has 0 aliphatic carbocycles. The first-order valence-electron chi connectivity index (χ1n) is 5.07. The lowest BCUT2D eigenvalue weighted by molar-refractivity contribution is -0.385. The van der Waals surface area contributed by atoms with Crippen LogP contribution in [0, 0.1) is 17.0 Å². The average Bonchev–Trinajstić information content (AvgIpc) is 2.74. The molecule has 0 bridgehead atoms. The minimum absolute atomic E-state index is 0.295. The maximum atomic E-state index is 10.9. The summed E-state index contributed by atoms with van der Waals surface area (Å²) >= 11 is 1.54. The first-order chi connectivity index (χ1) is 8.50. The van der Waals surface area contributed by atoms with Crippen LogP contribution in [-0.2, 0) is 0 Å². The van der Waals surface area contributed by atoms with Gasteiger partial charge in [0.2, 0.25) is 0 Å². The fourth-order valence-corrected chi connectivity index (χ4v) is 2.44. The number of rotatable bonds is 3. The zero-order valence-corrected chi connectivity index (χ0v) is 10.2. The van der Waals surface area contributed by atoms with Gasteiger partial charge < -0.3 is 5.11 Å². The van der Waals surface area contributed by atoms with Crippen LogP contribution in [0.3, 0.4) is 0 Å². The highest BCUT2D eigenvalue weighted by molar-refractivity contribution is 7.10. The molecule has 0 unspecified atom stereocenters. The molecule has 0 fully saturated rings. The van der Waals surface area contributed by atoms with E-state index in [4.69, 9.17) is 5.11 Å². The molecule has 0 saturated heterocycles. The van der Waals surface area contributed by atoms with Crippen molar-refractivity contribution in [3.63, 3.8) is 0 Å². The predicted molar refractivity (Wildman–Crippen MR) is 68.1 cm³/mol. The smallest absolute Gasteiger partial charge is 0.342 e. The Bertz CT molecular complexity index is 633. The van der Waals surface area contributed by atoms with Crippen molar-refractivity contribution in [2.75, 3.05) is 0 Å². The van der Waals surface area contributed by atoms with Crippen molar-refractivity contribution >= 4 is 23.0 Å². The van der Waals surface area contributed by atoms with Crippen LogP contribution >= 0.6 is 11.3 Å². The van der Waals surface area contributed by atoms with Gasteiger partial charge in [-0.25, -0.2) is 4.79 Å². The lowest BCUT2D eigenvalue weighted by atomic mass is 10.0. The highest BCUT2D eigenvalue weighted by Gasteiger charge is 2.20. The number of nitro benzene ring substituents is 1. The third kappa shape index (κ3) is 2.10. The van der Waals surface area contributed by atoms with E-state index in [1.54, 1.807) is 6.07 Å². The SMILES string of the molecule is Cc1sccc1-c1ccc(C(=O)O)c([N+](=O)[O-])c1. The Morgan fingerprint density at radius 2 is 2.11 bits per heavy atom. The van der Waals surface area contributed by atoms with Gasteiger partial charge in [0.05, 0.1) is 4.92 Å². The molecule has 1 aromatic carbocycles. The molecule has 0 radical (unpaired) electrons. The summed E-state index contributed by atoms with van der Waals surface area (Å²) in [6.45, 7) is 1.91. The summed E-state index contributed by atoms with van der Waals surface area (Å²) in [6, 6.07) is 6.02. The van der Waals surface area contributed by atoms with Gasteiger partial charge in [0.1, 0.15) is 5.56 Å². The number of aryl methyl sites for hydroxylation is 1. The van der Waals surface area contributed by atoms with E-state index in [0.29, 0.717) is 5.56 Å². The highest BCUT2D eigenvalue weighted by atomic mass is 32.1. The maximum Gasteiger partial charge on any atom is 0.342 e. The Hall–Kier alpha value is -2.21. The quantitative estimate of drug-likeness (QED) is 0.680. The van der Waals surface area contributed by atoms with Gasteiger partial charge in [-0.2, -0.15) is 0 Å². The van der Waals surface area contributed by atoms with Crippen molar-refractivity contribution in [3.8, 4) is 11.1 Å². The second-order valence-corrected chi connectivity index (χ2v) is 4.80. The molecule has 1 heterocycles. The number of thiophene rings is 1. The molecule has 5 nitrogen and oxygen atoms in total. The first-order valence-corrected chi connectivity index (χ1v) is 5.95. The summed E-state index contributed by atoms with van der Waals surface area (Å²) in [5.41, 5.74) is 0.868. The van der Waals surface area contributed by atoms with Crippen LogP contribution in [0.1, 0.15) is 15.2 Å². The van der Waals surface area contributed by atoms with Crippen LogP contribution in [0.4, 0.5) is 5.69 Å². The fourth-order valence-electron chi connectivity index (χ4n) is 1.72. The second kappa shape index (κ2) is 4.58. The normalized spacial score (nSPS) is 10.3. The van der Waals surface area contributed by atoms with Gasteiger partial charge in [-0.05, 0) is 35.6 Å². The van der Waals surface area contributed by atoms with E-state index in [1.165, 1.54) is 23.5 Å². The van der Waals surface area contributed by atoms with E-state index in [9.17, 15) is 14.9 Å². The molecule has 92 valence electrons. The molecule has 0 aliphatic heterocycles. The topological polar surface area (TPSA) is 80.4 Å². The molecule has 0 spiro atoms. The molecule has 0 aliphatic rings. The zero-order valence-electron chi connectivity index (χ0n) is 9.41. The number of carboxylic acid groups (broad SMARTS) is 1. The maximum absolute atomic E-state index is 10.9. The second-order valence-electron chi connectivity index (χ2n) is 3.68. The Kier molecular flexibility index (Phi) is 3.12. The van der Waals surface area contributed by atoms with Gasteiger partial charge in [-0.3, -0.25) is 10.1 Å². The summed E-state index contributed by atoms with van der Waals surface area (Å²) in [6.07, 6.45) is 0. The minimum Gasteiger partial charge on any atom is -0.477 e. The molecule has 1 aromatic heterocycles. The highest BCUT2D eigenvalue weighted by Crippen LogP contribution is 2.31. The van der Waals surface area contributed by atoms with Crippen LogP contribution in [-0.4, -0.2) is 16.0 Å². The number of hydrogen-bond donors (Lipinski definition) is 1. The molecule has 2 aromatic rings. The van der Waals surface area contributed by atoms with Crippen molar-refractivity contribution < 1.29 is 14.8 Å². The summed E-state index contributed by atoms with van der Waals surface area (Å²) in [5.74, 6) is -1.30. The van der Waals surface area contributed by atoms with Crippen LogP contribution < -0.4 is 0 Å². The largest absolute Gasteiger partial charge is 0.477 e. The summed E-state index contributed by atoms with van der Waals surface area (Å²) in [5, 5.41) is 21.7. The summed E-state index contributed by atoms with van der Waals surface area (Å²) < 4.78 is 0. The van der Waals surface area contributed by atoms with E-state index in [2.05, 4.69) is 0 Å². The van der Waals surface area contributed by atoms with Gasteiger partial charge in [-0.1, -0.05) is 6.07 Å². The lowest BCUT2D eigenvalue weighted by Gasteiger charge is -2.03. The molecular formula is C12H9NO4S. The Morgan fingerprint density at radius 3 is 2.61 bits per heavy atom. The van der Waals surface area contributed by atoms with Crippen molar-refractivity contribution in [3.05, 3.63) is 50.2 Å². The van der Waals surface area contributed by atoms with E-state index < -0.39 is 10.9 Å². The Balaban J connectivity index is 2.60. The van der Waals surface area contributed by atoms with E-state index >= 15 is 0 Å². The van der Waals surface area contributed by atoms with Crippen molar-refractivity contribution in [2.24, 2.45) is 0 Å². The summed E-state index contributed by atoms with van der Waals surface area (Å²) in [7, 11) is 0. The number of nitrogens with zero attached hydrogens (tertiary/aromatic N) is 1. The van der Waals surface area contributed by atoms with E-state index in [-0.39, 0.29) is 11.3 Å². The lowest BCUT2D eigenvalue weighted by Crippen LogP contribution is -2.02. The first kappa shape index (κ1) is 12.3. The summed E-state index contributed by atoms with van der Waals surface area (Å²) in [4.78, 5) is 22.1. The predicted octanol–water partition coefficient (Wildman–Crippen LogP) is 3.33. The number of nitro groups is 1. The number of hydrogen-bond acceptors (Lipinski definition) is 4. The van der Waals surface area contributed by atoms with Crippen LogP contribution in [0.2, 0.25) is 0 Å². The monoisotopic (exact) mass is 263 g/mol. The third-order valence-corrected chi connectivity index (χ3v) is 3.44. The van der Waals surface area contributed by atoms with Crippen LogP contribution in [0.5, 0.6) is 0 Å².